The van der Waals surface area contributed by atoms with Crippen molar-refractivity contribution < 1.29 is 26.4 Å². The highest BCUT2D eigenvalue weighted by Gasteiger charge is 2.35. The van der Waals surface area contributed by atoms with Crippen molar-refractivity contribution in [3.63, 3.8) is 0 Å². The highest BCUT2D eigenvalue weighted by atomic mass is 35.5. The monoisotopic (exact) mass is 434 g/mol. The molecular formula is C18H18ClF3N2O3S. The maximum Gasteiger partial charge on any atom is 0.417 e. The topological polar surface area (TPSA) is 66.5 Å². The molecule has 2 aromatic carbocycles. The maximum absolute atomic E-state index is 13.1. The molecule has 0 radical (unpaired) electrons. The van der Waals surface area contributed by atoms with Crippen LogP contribution in [0, 0.1) is 0 Å². The molecule has 0 aromatic heterocycles. The first-order valence-corrected chi connectivity index (χ1v) is 10.1. The lowest BCUT2D eigenvalue weighted by molar-refractivity contribution is -0.137. The number of amides is 1. The predicted octanol–water partition coefficient (Wildman–Crippen LogP) is 4.64. The zero-order valence-electron chi connectivity index (χ0n) is 15.0. The molecule has 0 saturated carbocycles. The van der Waals surface area contributed by atoms with Gasteiger partial charge in [-0.1, -0.05) is 37.6 Å². The zero-order valence-corrected chi connectivity index (χ0v) is 16.6. The maximum atomic E-state index is 13.1. The van der Waals surface area contributed by atoms with Crippen LogP contribution in [0.1, 0.15) is 29.8 Å². The highest BCUT2D eigenvalue weighted by Crippen LogP contribution is 2.33. The number of sulfonamides is 1. The van der Waals surface area contributed by atoms with Crippen molar-refractivity contribution in [1.82, 2.24) is 4.31 Å². The quantitative estimate of drug-likeness (QED) is 0.720. The van der Waals surface area contributed by atoms with Gasteiger partial charge in [0.05, 0.1) is 16.1 Å². The van der Waals surface area contributed by atoms with Gasteiger partial charge < -0.3 is 5.32 Å². The summed E-state index contributed by atoms with van der Waals surface area (Å²) in [6.07, 6.45) is -4.70. The smallest absolute Gasteiger partial charge is 0.322 e. The molecule has 0 aliphatic carbocycles. The minimum Gasteiger partial charge on any atom is -0.322 e. The van der Waals surface area contributed by atoms with E-state index in [0.717, 1.165) is 18.2 Å². The van der Waals surface area contributed by atoms with Gasteiger partial charge in [0, 0.05) is 18.8 Å². The number of nitrogens with zero attached hydrogens (tertiary/aromatic N) is 1. The molecule has 0 aliphatic rings. The molecule has 0 atom stereocenters. The molecule has 1 N–H and O–H groups in total. The molecule has 0 bridgehead atoms. The Morgan fingerprint density at radius 1 is 1.11 bits per heavy atom. The summed E-state index contributed by atoms with van der Waals surface area (Å²) < 4.78 is 65.9. The van der Waals surface area contributed by atoms with Crippen LogP contribution in [0.3, 0.4) is 0 Å². The number of halogens is 4. The molecule has 0 fully saturated rings. The van der Waals surface area contributed by atoms with Crippen LogP contribution in [-0.4, -0.2) is 31.7 Å². The summed E-state index contributed by atoms with van der Waals surface area (Å²) in [6.45, 7) is 3.75. The third-order valence-electron chi connectivity index (χ3n) is 3.99. The van der Waals surface area contributed by atoms with Crippen LogP contribution >= 0.6 is 11.6 Å². The van der Waals surface area contributed by atoms with E-state index >= 15 is 0 Å². The first-order valence-electron chi connectivity index (χ1n) is 8.29. The zero-order chi connectivity index (χ0) is 21.1. The lowest BCUT2D eigenvalue weighted by Crippen LogP contribution is -2.31. The van der Waals surface area contributed by atoms with Crippen LogP contribution < -0.4 is 5.32 Å². The molecule has 2 aromatic rings. The van der Waals surface area contributed by atoms with Crippen molar-refractivity contribution in [3.05, 3.63) is 58.6 Å². The van der Waals surface area contributed by atoms with E-state index in [4.69, 9.17) is 11.6 Å². The van der Waals surface area contributed by atoms with Gasteiger partial charge in [0.1, 0.15) is 4.90 Å². The molecular weight excluding hydrogens is 417 g/mol. The molecule has 2 rings (SSSR count). The molecule has 28 heavy (non-hydrogen) atoms. The van der Waals surface area contributed by atoms with Crippen LogP contribution in [0.15, 0.2) is 47.4 Å². The number of benzene rings is 2. The Morgan fingerprint density at radius 2 is 1.71 bits per heavy atom. The van der Waals surface area contributed by atoms with E-state index < -0.39 is 33.2 Å². The van der Waals surface area contributed by atoms with E-state index in [1.54, 1.807) is 13.8 Å². The average Bonchev–Trinajstić information content (AvgIpc) is 2.63. The molecule has 1 amide bonds. The Hall–Kier alpha value is -2.10. The second kappa shape index (κ2) is 8.50. The molecule has 0 spiro atoms. The minimum atomic E-state index is -4.70. The van der Waals surface area contributed by atoms with Gasteiger partial charge in [-0.25, -0.2) is 8.42 Å². The standard InChI is InChI=1S/C18H18ClF3N2O3S/c1-3-24(4-2)28(26,27)16-11-12(9-10-15(16)19)23-17(25)13-7-5-6-8-14(13)18(20,21)22/h5-11H,3-4H2,1-2H3,(H,23,25). The number of anilines is 1. The number of carbonyl (C=O) groups is 1. The Morgan fingerprint density at radius 3 is 2.29 bits per heavy atom. The molecule has 5 nitrogen and oxygen atoms in total. The van der Waals surface area contributed by atoms with E-state index in [9.17, 15) is 26.4 Å². The number of alkyl halides is 3. The molecule has 0 unspecified atom stereocenters. The summed E-state index contributed by atoms with van der Waals surface area (Å²) >= 11 is 6.01. The van der Waals surface area contributed by atoms with Gasteiger partial charge >= 0.3 is 6.18 Å². The van der Waals surface area contributed by atoms with Gasteiger partial charge in [-0.3, -0.25) is 4.79 Å². The third-order valence-corrected chi connectivity index (χ3v) is 6.52. The molecule has 152 valence electrons. The first-order chi connectivity index (χ1) is 13.0. The Bertz CT molecular complexity index is 974. The van der Waals surface area contributed by atoms with Gasteiger partial charge in [0.25, 0.3) is 5.91 Å². The third kappa shape index (κ3) is 4.65. The number of hydrogen-bond acceptors (Lipinski definition) is 3. The second-order valence-corrected chi connectivity index (χ2v) is 8.05. The van der Waals surface area contributed by atoms with Crippen LogP contribution in [0.2, 0.25) is 5.02 Å². The minimum absolute atomic E-state index is 0.0112. The molecule has 10 heteroatoms. The van der Waals surface area contributed by atoms with Gasteiger partial charge in [0.15, 0.2) is 0 Å². The Labute approximate surface area is 166 Å². The van der Waals surface area contributed by atoms with Crippen LogP contribution in [-0.2, 0) is 16.2 Å². The fraction of sp³-hybridized carbons (Fsp3) is 0.278. The van der Waals surface area contributed by atoms with Gasteiger partial charge in [-0.15, -0.1) is 0 Å². The van der Waals surface area contributed by atoms with Gasteiger partial charge in [-0.05, 0) is 30.3 Å². The fourth-order valence-electron chi connectivity index (χ4n) is 2.61. The highest BCUT2D eigenvalue weighted by molar-refractivity contribution is 7.89. The van der Waals surface area contributed by atoms with Crippen molar-refractivity contribution in [2.75, 3.05) is 18.4 Å². The van der Waals surface area contributed by atoms with Gasteiger partial charge in [0.2, 0.25) is 10.0 Å². The average molecular weight is 435 g/mol. The molecule has 0 heterocycles. The van der Waals surface area contributed by atoms with Crippen LogP contribution in [0.5, 0.6) is 0 Å². The van der Waals surface area contributed by atoms with Crippen LogP contribution in [0.4, 0.5) is 18.9 Å². The molecule has 0 saturated heterocycles. The van der Waals surface area contributed by atoms with E-state index in [-0.39, 0.29) is 28.7 Å². The Balaban J connectivity index is 2.41. The van der Waals surface area contributed by atoms with Crippen molar-refractivity contribution in [2.24, 2.45) is 0 Å². The van der Waals surface area contributed by atoms with Crippen molar-refractivity contribution in [3.8, 4) is 0 Å². The second-order valence-electron chi connectivity index (χ2n) is 5.73. The number of carbonyl (C=O) groups excluding carboxylic acids is 1. The normalized spacial score (nSPS) is 12.2. The summed E-state index contributed by atoms with van der Waals surface area (Å²) in [5, 5.41) is 2.25. The number of rotatable bonds is 6. The van der Waals surface area contributed by atoms with Crippen LogP contribution in [0.25, 0.3) is 0 Å². The van der Waals surface area contributed by atoms with Crippen molar-refractivity contribution >= 4 is 33.2 Å². The Kier molecular flexibility index (Phi) is 6.74. The van der Waals surface area contributed by atoms with Gasteiger partial charge in [-0.2, -0.15) is 17.5 Å². The summed E-state index contributed by atoms with van der Waals surface area (Å²) in [5.74, 6) is -1.01. The summed E-state index contributed by atoms with van der Waals surface area (Å²) in [5.41, 5.74) is -1.65. The van der Waals surface area contributed by atoms with E-state index in [1.165, 1.54) is 28.6 Å². The largest absolute Gasteiger partial charge is 0.417 e. The summed E-state index contributed by atoms with van der Waals surface area (Å²) in [4.78, 5) is 12.1. The predicted molar refractivity (Wildman–Crippen MR) is 101 cm³/mol. The van der Waals surface area contributed by atoms with Crippen molar-refractivity contribution in [1.29, 1.82) is 0 Å². The van der Waals surface area contributed by atoms with E-state index in [1.807, 2.05) is 0 Å². The SMILES string of the molecule is CCN(CC)S(=O)(=O)c1cc(NC(=O)c2ccccc2C(F)(F)F)ccc1Cl. The van der Waals surface area contributed by atoms with E-state index in [0.29, 0.717) is 0 Å². The molecule has 0 aliphatic heterocycles. The number of hydrogen-bond donors (Lipinski definition) is 1. The fourth-order valence-corrected chi connectivity index (χ4v) is 4.57. The lowest BCUT2D eigenvalue weighted by Gasteiger charge is -2.20. The van der Waals surface area contributed by atoms with E-state index in [2.05, 4.69) is 5.32 Å². The summed E-state index contributed by atoms with van der Waals surface area (Å²) in [6, 6.07) is 8.04. The van der Waals surface area contributed by atoms with Crippen molar-refractivity contribution in [2.45, 2.75) is 24.9 Å². The summed E-state index contributed by atoms with van der Waals surface area (Å²) in [7, 11) is -3.92. The number of nitrogens with one attached hydrogen (secondary N) is 1. The lowest BCUT2D eigenvalue weighted by atomic mass is 10.1. The first kappa shape index (κ1) is 22.2.